The first-order chi connectivity index (χ1) is 14.7. The summed E-state index contributed by atoms with van der Waals surface area (Å²) in [6.07, 6.45) is -4.51. The molecular weight excluding hydrogens is 454 g/mol. The van der Waals surface area contributed by atoms with Gasteiger partial charge in [-0.3, -0.25) is 4.79 Å². The first-order valence-electron chi connectivity index (χ1n) is 8.93. The number of rotatable bonds is 6. The van der Waals surface area contributed by atoms with Crippen molar-refractivity contribution in [2.75, 3.05) is 12.4 Å². The summed E-state index contributed by atoms with van der Waals surface area (Å²) in [5.41, 5.74) is 0.753. The van der Waals surface area contributed by atoms with Gasteiger partial charge in [-0.05, 0) is 60.2 Å². The van der Waals surface area contributed by atoms with E-state index < -0.39 is 17.7 Å². The molecule has 0 amide bonds. The molecule has 0 aromatic heterocycles. The standard InChI is InChI=1S/C22H16Cl2F3NO3/c1-30-20(29)12-13-11-16(31-15-7-5-14(6-8-15)22(25,26)27)9-10-19(13)28-21-17(23)3-2-4-18(21)24/h2-11,28H,12H2,1H3. The highest BCUT2D eigenvalue weighted by molar-refractivity contribution is 6.39. The van der Waals surface area contributed by atoms with Gasteiger partial charge in [0.1, 0.15) is 11.5 Å². The van der Waals surface area contributed by atoms with Gasteiger partial charge in [0, 0.05) is 5.69 Å². The van der Waals surface area contributed by atoms with Crippen molar-refractivity contribution in [3.8, 4) is 11.5 Å². The molecule has 0 saturated carbocycles. The summed E-state index contributed by atoms with van der Waals surface area (Å²) in [6, 6.07) is 14.2. The molecule has 162 valence electrons. The average molecular weight is 470 g/mol. The maximum absolute atomic E-state index is 12.7. The molecule has 3 aromatic carbocycles. The van der Waals surface area contributed by atoms with Crippen LogP contribution in [-0.4, -0.2) is 13.1 Å². The largest absolute Gasteiger partial charge is 0.469 e. The van der Waals surface area contributed by atoms with Crippen molar-refractivity contribution in [3.63, 3.8) is 0 Å². The molecule has 0 aliphatic rings. The van der Waals surface area contributed by atoms with Crippen LogP contribution in [0.4, 0.5) is 24.5 Å². The predicted octanol–water partition coefficient (Wildman–Crippen LogP) is 7.26. The molecule has 0 heterocycles. The van der Waals surface area contributed by atoms with Crippen LogP contribution < -0.4 is 10.1 Å². The number of nitrogens with one attached hydrogen (secondary N) is 1. The number of benzene rings is 3. The highest BCUT2D eigenvalue weighted by Gasteiger charge is 2.30. The molecule has 3 aromatic rings. The maximum Gasteiger partial charge on any atom is 0.416 e. The number of esters is 1. The van der Waals surface area contributed by atoms with E-state index >= 15 is 0 Å². The van der Waals surface area contributed by atoms with E-state index in [4.69, 9.17) is 32.7 Å². The van der Waals surface area contributed by atoms with Crippen molar-refractivity contribution in [2.45, 2.75) is 12.6 Å². The van der Waals surface area contributed by atoms with Crippen molar-refractivity contribution < 1.29 is 27.4 Å². The van der Waals surface area contributed by atoms with Crippen LogP contribution in [-0.2, 0) is 22.1 Å². The first kappa shape index (κ1) is 22.8. The molecule has 3 rings (SSSR count). The SMILES string of the molecule is COC(=O)Cc1cc(Oc2ccc(C(F)(F)F)cc2)ccc1Nc1c(Cl)cccc1Cl. The molecule has 0 atom stereocenters. The molecule has 1 N–H and O–H groups in total. The first-order valence-corrected chi connectivity index (χ1v) is 9.69. The highest BCUT2D eigenvalue weighted by atomic mass is 35.5. The van der Waals surface area contributed by atoms with Crippen molar-refractivity contribution in [1.29, 1.82) is 0 Å². The lowest BCUT2D eigenvalue weighted by Gasteiger charge is -2.16. The molecule has 0 spiro atoms. The molecule has 0 aliphatic carbocycles. The van der Waals surface area contributed by atoms with Crippen molar-refractivity contribution in [1.82, 2.24) is 0 Å². The van der Waals surface area contributed by atoms with E-state index in [0.29, 0.717) is 32.7 Å². The summed E-state index contributed by atoms with van der Waals surface area (Å²) >= 11 is 12.4. The van der Waals surface area contributed by atoms with Crippen LogP contribution in [0.5, 0.6) is 11.5 Å². The third-order valence-electron chi connectivity index (χ3n) is 4.28. The van der Waals surface area contributed by atoms with Gasteiger partial charge in [-0.1, -0.05) is 29.3 Å². The summed E-state index contributed by atoms with van der Waals surface area (Å²) in [6.45, 7) is 0. The second-order valence-electron chi connectivity index (χ2n) is 6.42. The van der Waals surface area contributed by atoms with Gasteiger partial charge < -0.3 is 14.8 Å². The average Bonchev–Trinajstić information content (AvgIpc) is 2.72. The zero-order valence-corrected chi connectivity index (χ0v) is 17.6. The smallest absolute Gasteiger partial charge is 0.416 e. The Kier molecular flexibility index (Phi) is 6.97. The normalized spacial score (nSPS) is 11.2. The lowest BCUT2D eigenvalue weighted by atomic mass is 10.1. The molecule has 0 unspecified atom stereocenters. The number of carbonyl (C=O) groups excluding carboxylic acids is 1. The Morgan fingerprint density at radius 1 is 0.968 bits per heavy atom. The van der Waals surface area contributed by atoms with Gasteiger partial charge >= 0.3 is 12.1 Å². The summed E-state index contributed by atoms with van der Waals surface area (Å²) in [4.78, 5) is 11.9. The number of methoxy groups -OCH3 is 1. The van der Waals surface area contributed by atoms with E-state index in [1.54, 1.807) is 36.4 Å². The van der Waals surface area contributed by atoms with Crippen molar-refractivity contribution in [3.05, 3.63) is 81.8 Å². The Labute approximate surface area is 186 Å². The molecule has 0 aliphatic heterocycles. The zero-order chi connectivity index (χ0) is 22.6. The van der Waals surface area contributed by atoms with Crippen LogP contribution in [0.2, 0.25) is 10.0 Å². The van der Waals surface area contributed by atoms with Crippen LogP contribution in [0.1, 0.15) is 11.1 Å². The maximum atomic E-state index is 12.7. The van der Waals surface area contributed by atoms with E-state index in [2.05, 4.69) is 5.32 Å². The van der Waals surface area contributed by atoms with Gasteiger partial charge in [-0.25, -0.2) is 0 Å². The van der Waals surface area contributed by atoms with Crippen LogP contribution in [0, 0.1) is 0 Å². The fraction of sp³-hybridized carbons (Fsp3) is 0.136. The molecule has 4 nitrogen and oxygen atoms in total. The quantitative estimate of drug-likeness (QED) is 0.385. The van der Waals surface area contributed by atoms with Gasteiger partial charge in [0.2, 0.25) is 0 Å². The Morgan fingerprint density at radius 2 is 1.58 bits per heavy atom. The Hall–Kier alpha value is -2.90. The number of ether oxygens (including phenoxy) is 2. The molecule has 31 heavy (non-hydrogen) atoms. The van der Waals surface area contributed by atoms with E-state index in [1.165, 1.54) is 19.2 Å². The summed E-state index contributed by atoms with van der Waals surface area (Å²) < 4.78 is 48.6. The third-order valence-corrected chi connectivity index (χ3v) is 4.91. The molecule has 0 fully saturated rings. The second-order valence-corrected chi connectivity index (χ2v) is 7.23. The molecule has 0 radical (unpaired) electrons. The van der Waals surface area contributed by atoms with Crippen LogP contribution in [0.25, 0.3) is 0 Å². The second kappa shape index (κ2) is 9.49. The fourth-order valence-electron chi connectivity index (χ4n) is 2.73. The summed E-state index contributed by atoms with van der Waals surface area (Å²) in [5, 5.41) is 3.88. The third kappa shape index (κ3) is 5.83. The minimum atomic E-state index is -4.43. The number of carbonyl (C=O) groups is 1. The summed E-state index contributed by atoms with van der Waals surface area (Å²) in [5.74, 6) is 0.0568. The Bertz CT molecular complexity index is 1070. The fourth-order valence-corrected chi connectivity index (χ4v) is 3.22. The molecule has 0 bridgehead atoms. The van der Waals surface area contributed by atoms with Crippen LogP contribution >= 0.6 is 23.2 Å². The number of hydrogen-bond acceptors (Lipinski definition) is 4. The van der Waals surface area contributed by atoms with Crippen LogP contribution in [0.3, 0.4) is 0 Å². The molecule has 0 saturated heterocycles. The van der Waals surface area contributed by atoms with Gasteiger partial charge in [-0.2, -0.15) is 13.2 Å². The Balaban J connectivity index is 1.89. The van der Waals surface area contributed by atoms with Gasteiger partial charge in [-0.15, -0.1) is 0 Å². The minimum Gasteiger partial charge on any atom is -0.469 e. The number of anilines is 2. The topological polar surface area (TPSA) is 47.6 Å². The minimum absolute atomic E-state index is 0.0783. The summed E-state index contributed by atoms with van der Waals surface area (Å²) in [7, 11) is 1.27. The van der Waals surface area contributed by atoms with Crippen molar-refractivity contribution in [2.24, 2.45) is 0 Å². The number of hydrogen-bond donors (Lipinski definition) is 1. The zero-order valence-electron chi connectivity index (χ0n) is 16.1. The van der Waals surface area contributed by atoms with Gasteiger partial charge in [0.15, 0.2) is 0 Å². The number of alkyl halides is 3. The van der Waals surface area contributed by atoms with E-state index in [-0.39, 0.29) is 12.2 Å². The monoisotopic (exact) mass is 469 g/mol. The lowest BCUT2D eigenvalue weighted by molar-refractivity contribution is -0.140. The molecule has 9 heteroatoms. The highest BCUT2D eigenvalue weighted by Crippen LogP contribution is 2.36. The van der Waals surface area contributed by atoms with Crippen molar-refractivity contribution >= 4 is 40.5 Å². The number of para-hydroxylation sites is 1. The van der Waals surface area contributed by atoms with Crippen LogP contribution in [0.15, 0.2) is 60.7 Å². The Morgan fingerprint density at radius 3 is 2.16 bits per heavy atom. The van der Waals surface area contributed by atoms with E-state index in [9.17, 15) is 18.0 Å². The van der Waals surface area contributed by atoms with Gasteiger partial charge in [0.05, 0.1) is 34.8 Å². The lowest BCUT2D eigenvalue weighted by Crippen LogP contribution is -2.07. The predicted molar refractivity (Wildman–Crippen MR) is 113 cm³/mol. The molecular formula is C22H16Cl2F3NO3. The number of halogens is 5. The van der Waals surface area contributed by atoms with E-state index in [0.717, 1.165) is 12.1 Å². The van der Waals surface area contributed by atoms with E-state index in [1.807, 2.05) is 0 Å². The van der Waals surface area contributed by atoms with Gasteiger partial charge in [0.25, 0.3) is 0 Å².